The molecule has 32 heavy (non-hydrogen) atoms. The standard InChI is InChI=1S/C20H21N7O3S2/c1-3-9-26-17(13-8-10-32(29,30)12-13)22-24-20(26)31-11-16-21-23-19-25(2)18(28)14-6-4-5-7-15(14)27(16)19/h3-7,13H,1,8-12H2,2H3/t13-/m1/s1. The Bertz CT molecular complexity index is 1520. The maximum absolute atomic E-state index is 12.6. The van der Waals surface area contributed by atoms with E-state index in [1.54, 1.807) is 19.2 Å². The van der Waals surface area contributed by atoms with Gasteiger partial charge in [0.1, 0.15) is 11.6 Å². The summed E-state index contributed by atoms with van der Waals surface area (Å²) in [5, 5.41) is 18.4. The molecule has 0 saturated carbocycles. The molecule has 0 spiro atoms. The van der Waals surface area contributed by atoms with Crippen molar-refractivity contribution in [2.45, 2.75) is 29.8 Å². The molecule has 1 aliphatic rings. The molecule has 3 aromatic heterocycles. The Morgan fingerprint density at radius 2 is 2.03 bits per heavy atom. The molecule has 166 valence electrons. The third-order valence-corrected chi connectivity index (χ3v) is 8.41. The van der Waals surface area contributed by atoms with Gasteiger partial charge in [-0.25, -0.2) is 8.42 Å². The molecule has 4 heterocycles. The van der Waals surface area contributed by atoms with Crippen molar-refractivity contribution in [1.29, 1.82) is 0 Å². The van der Waals surface area contributed by atoms with Crippen molar-refractivity contribution < 1.29 is 8.42 Å². The lowest BCUT2D eigenvalue weighted by Gasteiger charge is -2.11. The summed E-state index contributed by atoms with van der Waals surface area (Å²) in [7, 11) is -1.35. The van der Waals surface area contributed by atoms with Crippen LogP contribution in [0.1, 0.15) is 24.0 Å². The van der Waals surface area contributed by atoms with E-state index in [9.17, 15) is 13.2 Å². The molecule has 1 aromatic carbocycles. The van der Waals surface area contributed by atoms with E-state index in [1.165, 1.54) is 16.3 Å². The second-order valence-corrected chi connectivity index (χ2v) is 10.9. The van der Waals surface area contributed by atoms with Gasteiger partial charge in [0.2, 0.25) is 5.78 Å². The van der Waals surface area contributed by atoms with Gasteiger partial charge in [0.25, 0.3) is 5.56 Å². The van der Waals surface area contributed by atoms with E-state index in [0.717, 1.165) is 5.52 Å². The van der Waals surface area contributed by atoms with E-state index in [1.807, 2.05) is 27.2 Å². The fraction of sp³-hybridized carbons (Fsp3) is 0.350. The summed E-state index contributed by atoms with van der Waals surface area (Å²) in [6.07, 6.45) is 2.30. The highest BCUT2D eigenvalue weighted by molar-refractivity contribution is 7.98. The number of thioether (sulfide) groups is 1. The topological polar surface area (TPSA) is 117 Å². The number of rotatable bonds is 6. The minimum Gasteiger partial charge on any atom is -0.302 e. The number of sulfone groups is 1. The quantitative estimate of drug-likeness (QED) is 0.307. The van der Waals surface area contributed by atoms with Gasteiger partial charge >= 0.3 is 0 Å². The van der Waals surface area contributed by atoms with Crippen LogP contribution in [0.4, 0.5) is 0 Å². The van der Waals surface area contributed by atoms with E-state index in [0.29, 0.717) is 46.7 Å². The lowest BCUT2D eigenvalue weighted by atomic mass is 10.1. The lowest BCUT2D eigenvalue weighted by Crippen LogP contribution is -2.20. The summed E-state index contributed by atoms with van der Waals surface area (Å²) in [6.45, 7) is 4.30. The Morgan fingerprint density at radius 3 is 2.78 bits per heavy atom. The van der Waals surface area contributed by atoms with Crippen molar-refractivity contribution in [3.63, 3.8) is 0 Å². The van der Waals surface area contributed by atoms with Gasteiger partial charge in [-0.15, -0.1) is 27.0 Å². The molecule has 0 bridgehead atoms. The van der Waals surface area contributed by atoms with Crippen LogP contribution in [0, 0.1) is 0 Å². The number of aromatic nitrogens is 7. The van der Waals surface area contributed by atoms with Gasteiger partial charge in [-0.2, -0.15) is 0 Å². The van der Waals surface area contributed by atoms with Gasteiger partial charge in [-0.3, -0.25) is 13.8 Å². The number of fused-ring (bicyclic) bond motifs is 3. The fourth-order valence-corrected chi connectivity index (χ4v) is 6.73. The minimum absolute atomic E-state index is 0.0990. The highest BCUT2D eigenvalue weighted by Gasteiger charge is 2.33. The third-order valence-electron chi connectivity index (χ3n) is 5.68. The zero-order chi connectivity index (χ0) is 22.5. The number of hydrogen-bond acceptors (Lipinski definition) is 8. The maximum Gasteiger partial charge on any atom is 0.262 e. The van der Waals surface area contributed by atoms with E-state index >= 15 is 0 Å². The van der Waals surface area contributed by atoms with Gasteiger partial charge in [0.05, 0.1) is 28.2 Å². The molecule has 1 saturated heterocycles. The molecule has 1 fully saturated rings. The van der Waals surface area contributed by atoms with Gasteiger partial charge in [-0.05, 0) is 18.6 Å². The molecule has 1 aliphatic heterocycles. The first-order valence-electron chi connectivity index (χ1n) is 10.1. The summed E-state index contributed by atoms with van der Waals surface area (Å²) < 4.78 is 29.1. The minimum atomic E-state index is -3.03. The molecule has 0 amide bonds. The van der Waals surface area contributed by atoms with Crippen LogP contribution < -0.4 is 5.56 Å². The Hall–Kier alpha value is -2.99. The van der Waals surface area contributed by atoms with Crippen molar-refractivity contribution in [2.75, 3.05) is 11.5 Å². The lowest BCUT2D eigenvalue weighted by molar-refractivity contribution is 0.597. The Morgan fingerprint density at radius 1 is 1.22 bits per heavy atom. The second-order valence-electron chi connectivity index (χ2n) is 7.76. The zero-order valence-electron chi connectivity index (χ0n) is 17.4. The normalized spacial score (nSPS) is 18.0. The predicted octanol–water partition coefficient (Wildman–Crippen LogP) is 1.55. The summed E-state index contributed by atoms with van der Waals surface area (Å²) in [5.41, 5.74) is 0.622. The maximum atomic E-state index is 12.6. The molecule has 0 N–H and O–H groups in total. The van der Waals surface area contributed by atoms with Crippen LogP contribution >= 0.6 is 11.8 Å². The predicted molar refractivity (Wildman–Crippen MR) is 122 cm³/mol. The van der Waals surface area contributed by atoms with Crippen molar-refractivity contribution in [2.24, 2.45) is 7.05 Å². The third kappa shape index (κ3) is 3.43. The van der Waals surface area contributed by atoms with Gasteiger partial charge in [0.15, 0.2) is 15.0 Å². The summed E-state index contributed by atoms with van der Waals surface area (Å²) in [5.74, 6) is 2.38. The molecule has 1 atom stereocenters. The van der Waals surface area contributed by atoms with Crippen molar-refractivity contribution in [3.8, 4) is 0 Å². The van der Waals surface area contributed by atoms with E-state index in [4.69, 9.17) is 0 Å². The number of nitrogens with zero attached hydrogens (tertiary/aromatic N) is 7. The molecule has 0 radical (unpaired) electrons. The van der Waals surface area contributed by atoms with Crippen molar-refractivity contribution in [3.05, 3.63) is 58.9 Å². The molecule has 12 heteroatoms. The average molecular weight is 472 g/mol. The monoisotopic (exact) mass is 471 g/mol. The van der Waals surface area contributed by atoms with Gasteiger partial charge in [-0.1, -0.05) is 30.0 Å². The van der Waals surface area contributed by atoms with Crippen LogP contribution in [0.2, 0.25) is 0 Å². The van der Waals surface area contributed by atoms with E-state index < -0.39 is 9.84 Å². The molecular formula is C20H21N7O3S2. The molecule has 4 aromatic rings. The highest BCUT2D eigenvalue weighted by Crippen LogP contribution is 2.31. The first kappa shape index (κ1) is 20.9. The molecule has 0 unspecified atom stereocenters. The van der Waals surface area contributed by atoms with Crippen molar-refractivity contribution >= 4 is 38.3 Å². The SMILES string of the molecule is C=CCn1c(SCc2nnc3n(C)c(=O)c4ccccc4n23)nnc1[C@@H]1CCS(=O)(=O)C1. The Labute approximate surface area is 187 Å². The largest absolute Gasteiger partial charge is 0.302 e. The van der Waals surface area contributed by atoms with Crippen LogP contribution in [0.3, 0.4) is 0 Å². The highest BCUT2D eigenvalue weighted by atomic mass is 32.2. The number of allylic oxidation sites excluding steroid dienone is 1. The summed E-state index contributed by atoms with van der Waals surface area (Å²) >= 11 is 1.44. The zero-order valence-corrected chi connectivity index (χ0v) is 19.0. The smallest absolute Gasteiger partial charge is 0.262 e. The second kappa shape index (κ2) is 7.85. The first-order chi connectivity index (χ1) is 15.4. The first-order valence-corrected chi connectivity index (χ1v) is 12.9. The van der Waals surface area contributed by atoms with Crippen LogP contribution in [0.15, 0.2) is 46.9 Å². The van der Waals surface area contributed by atoms with Crippen LogP contribution in [-0.2, 0) is 29.2 Å². The Kier molecular flexibility index (Phi) is 5.13. The molecule has 0 aliphatic carbocycles. The average Bonchev–Trinajstić information content (AvgIpc) is 3.47. The van der Waals surface area contributed by atoms with Crippen LogP contribution in [0.25, 0.3) is 16.7 Å². The van der Waals surface area contributed by atoms with E-state index in [2.05, 4.69) is 27.0 Å². The number of hydrogen-bond donors (Lipinski definition) is 0. The Balaban J connectivity index is 1.50. The molecule has 5 rings (SSSR count). The number of para-hydroxylation sites is 1. The number of aryl methyl sites for hydroxylation is 1. The van der Waals surface area contributed by atoms with E-state index in [-0.39, 0.29) is 23.0 Å². The summed E-state index contributed by atoms with van der Waals surface area (Å²) in [6, 6.07) is 7.37. The molecule has 10 nitrogen and oxygen atoms in total. The number of benzene rings is 1. The van der Waals surface area contributed by atoms with Gasteiger partial charge in [0, 0.05) is 19.5 Å². The summed E-state index contributed by atoms with van der Waals surface area (Å²) in [4.78, 5) is 12.6. The van der Waals surface area contributed by atoms with Crippen LogP contribution in [0.5, 0.6) is 0 Å². The molecular weight excluding hydrogens is 450 g/mol. The fourth-order valence-electron chi connectivity index (χ4n) is 4.12. The van der Waals surface area contributed by atoms with Crippen molar-refractivity contribution in [1.82, 2.24) is 33.9 Å². The van der Waals surface area contributed by atoms with Crippen LogP contribution in [-0.4, -0.2) is 53.9 Å². The van der Waals surface area contributed by atoms with Gasteiger partial charge < -0.3 is 4.57 Å².